The van der Waals surface area contributed by atoms with E-state index in [0.717, 1.165) is 0 Å². The highest BCUT2D eigenvalue weighted by molar-refractivity contribution is 5.85. The number of nitrogens with one attached hydrogen (secondary N) is 1. The Morgan fingerprint density at radius 2 is 1.84 bits per heavy atom. The van der Waals surface area contributed by atoms with Crippen LogP contribution in [-0.4, -0.2) is 53.2 Å². The lowest BCUT2D eigenvalue weighted by molar-refractivity contribution is -0.147. The number of urea groups is 1. The zero-order chi connectivity index (χ0) is 15.1. The van der Waals surface area contributed by atoms with E-state index in [0.29, 0.717) is 6.61 Å². The van der Waals surface area contributed by atoms with Gasteiger partial charge < -0.3 is 20.1 Å². The summed E-state index contributed by atoms with van der Waals surface area (Å²) in [5, 5.41) is 11.6. The first-order chi connectivity index (χ1) is 8.77. The second-order valence-corrected chi connectivity index (χ2v) is 4.40. The van der Waals surface area contributed by atoms with E-state index < -0.39 is 23.5 Å². The maximum absolute atomic E-state index is 11.9. The van der Waals surface area contributed by atoms with Gasteiger partial charge >= 0.3 is 18.0 Å². The van der Waals surface area contributed by atoms with E-state index in [1.807, 2.05) is 0 Å². The summed E-state index contributed by atoms with van der Waals surface area (Å²) in [5.41, 5.74) is -1.30. The molecule has 0 heterocycles. The molecule has 0 saturated heterocycles. The van der Waals surface area contributed by atoms with Crippen molar-refractivity contribution in [1.29, 1.82) is 0 Å². The van der Waals surface area contributed by atoms with E-state index in [2.05, 4.69) is 5.32 Å². The number of likely N-dealkylation sites (N-methyl/N-ethyl adjacent to an activating group) is 1. The Balaban J connectivity index is 4.39. The molecular weight excluding hydrogens is 252 g/mol. The fourth-order valence-corrected chi connectivity index (χ4v) is 1.51. The van der Waals surface area contributed by atoms with E-state index in [9.17, 15) is 14.4 Å². The van der Waals surface area contributed by atoms with Crippen LogP contribution < -0.4 is 5.32 Å². The Bertz CT molecular complexity index is 341. The Morgan fingerprint density at radius 1 is 1.26 bits per heavy atom. The molecule has 7 nitrogen and oxygen atoms in total. The molecule has 110 valence electrons. The first-order valence-corrected chi connectivity index (χ1v) is 6.21. The van der Waals surface area contributed by atoms with Crippen molar-refractivity contribution in [2.75, 3.05) is 19.7 Å². The predicted molar refractivity (Wildman–Crippen MR) is 68.7 cm³/mol. The van der Waals surface area contributed by atoms with Gasteiger partial charge in [0.25, 0.3) is 0 Å². The quantitative estimate of drug-likeness (QED) is 0.670. The van der Waals surface area contributed by atoms with Crippen LogP contribution in [0.3, 0.4) is 0 Å². The summed E-state index contributed by atoms with van der Waals surface area (Å²) in [4.78, 5) is 35.2. The molecule has 0 bridgehead atoms. The first kappa shape index (κ1) is 17.2. The average molecular weight is 274 g/mol. The Kier molecular flexibility index (Phi) is 6.89. The Hall–Kier alpha value is -1.79. The smallest absolute Gasteiger partial charge is 0.329 e. The lowest BCUT2D eigenvalue weighted by Gasteiger charge is -2.34. The largest absolute Gasteiger partial charge is 0.480 e. The van der Waals surface area contributed by atoms with Crippen LogP contribution >= 0.6 is 0 Å². The van der Waals surface area contributed by atoms with Gasteiger partial charge in [-0.2, -0.15) is 0 Å². The standard InChI is InChI=1S/C12H22N2O5/c1-5-14(12(3,4)10(16)17)11(18)13-8-7-9(15)19-6-2/h5-8H2,1-4H3,(H,13,18)(H,16,17). The molecule has 0 aliphatic heterocycles. The normalized spacial score (nSPS) is 10.7. The van der Waals surface area contributed by atoms with Crippen LogP contribution in [0.2, 0.25) is 0 Å². The van der Waals surface area contributed by atoms with Crippen molar-refractivity contribution in [2.45, 2.75) is 39.7 Å². The first-order valence-electron chi connectivity index (χ1n) is 6.21. The van der Waals surface area contributed by atoms with E-state index >= 15 is 0 Å². The molecular formula is C12H22N2O5. The van der Waals surface area contributed by atoms with Crippen molar-refractivity contribution >= 4 is 18.0 Å². The third kappa shape index (κ3) is 5.15. The molecule has 0 atom stereocenters. The fourth-order valence-electron chi connectivity index (χ4n) is 1.51. The molecule has 0 radical (unpaired) electrons. The molecule has 2 amide bonds. The summed E-state index contributed by atoms with van der Waals surface area (Å²) < 4.78 is 4.72. The van der Waals surface area contributed by atoms with Gasteiger partial charge in [0.05, 0.1) is 13.0 Å². The lowest BCUT2D eigenvalue weighted by atomic mass is 10.0. The van der Waals surface area contributed by atoms with Crippen LogP contribution in [-0.2, 0) is 14.3 Å². The number of carbonyl (C=O) groups is 3. The van der Waals surface area contributed by atoms with Gasteiger partial charge in [0.1, 0.15) is 5.54 Å². The molecule has 0 aromatic heterocycles. The average Bonchev–Trinajstić information content (AvgIpc) is 2.29. The summed E-state index contributed by atoms with van der Waals surface area (Å²) in [6, 6.07) is -0.515. The molecule has 0 spiro atoms. The monoisotopic (exact) mass is 274 g/mol. The number of hydrogen-bond donors (Lipinski definition) is 2. The van der Waals surface area contributed by atoms with Crippen LogP contribution in [0.25, 0.3) is 0 Å². The van der Waals surface area contributed by atoms with Crippen molar-refractivity contribution in [3.8, 4) is 0 Å². The van der Waals surface area contributed by atoms with Gasteiger partial charge in [-0.1, -0.05) is 0 Å². The minimum absolute atomic E-state index is 0.0602. The van der Waals surface area contributed by atoms with Gasteiger partial charge in [-0.25, -0.2) is 9.59 Å². The van der Waals surface area contributed by atoms with Gasteiger partial charge in [0.2, 0.25) is 0 Å². The van der Waals surface area contributed by atoms with E-state index in [4.69, 9.17) is 9.84 Å². The summed E-state index contributed by atoms with van der Waals surface area (Å²) in [6.07, 6.45) is 0.0602. The molecule has 0 aliphatic carbocycles. The van der Waals surface area contributed by atoms with Crippen molar-refractivity contribution in [3.63, 3.8) is 0 Å². The molecule has 0 rings (SSSR count). The molecule has 2 N–H and O–H groups in total. The summed E-state index contributed by atoms with van der Waals surface area (Å²) in [6.45, 7) is 6.95. The van der Waals surface area contributed by atoms with Crippen LogP contribution in [0, 0.1) is 0 Å². The van der Waals surface area contributed by atoms with Crippen molar-refractivity contribution < 1.29 is 24.2 Å². The highest BCUT2D eigenvalue weighted by atomic mass is 16.5. The zero-order valence-electron chi connectivity index (χ0n) is 11.9. The zero-order valence-corrected chi connectivity index (χ0v) is 11.9. The number of carboxylic acid groups (broad SMARTS) is 1. The minimum Gasteiger partial charge on any atom is -0.480 e. The van der Waals surface area contributed by atoms with Crippen LogP contribution in [0.1, 0.15) is 34.1 Å². The molecule has 0 unspecified atom stereocenters. The van der Waals surface area contributed by atoms with Crippen molar-refractivity contribution in [1.82, 2.24) is 10.2 Å². The van der Waals surface area contributed by atoms with E-state index in [-0.39, 0.29) is 19.5 Å². The molecule has 19 heavy (non-hydrogen) atoms. The van der Waals surface area contributed by atoms with E-state index in [1.165, 1.54) is 18.7 Å². The van der Waals surface area contributed by atoms with Crippen molar-refractivity contribution in [2.24, 2.45) is 0 Å². The number of amides is 2. The number of aliphatic carboxylic acids is 1. The Labute approximate surface area is 112 Å². The summed E-state index contributed by atoms with van der Waals surface area (Å²) in [5.74, 6) is -1.49. The maximum Gasteiger partial charge on any atom is 0.329 e. The second kappa shape index (κ2) is 7.60. The summed E-state index contributed by atoms with van der Waals surface area (Å²) in [7, 11) is 0. The highest BCUT2D eigenvalue weighted by Crippen LogP contribution is 2.14. The van der Waals surface area contributed by atoms with Crippen LogP contribution in [0.5, 0.6) is 0 Å². The predicted octanol–water partition coefficient (Wildman–Crippen LogP) is 0.834. The topological polar surface area (TPSA) is 95.9 Å². The number of esters is 1. The molecule has 0 saturated carbocycles. The van der Waals surface area contributed by atoms with Gasteiger partial charge in [0.15, 0.2) is 0 Å². The highest BCUT2D eigenvalue weighted by Gasteiger charge is 2.36. The minimum atomic E-state index is -1.30. The Morgan fingerprint density at radius 3 is 2.26 bits per heavy atom. The second-order valence-electron chi connectivity index (χ2n) is 4.40. The lowest BCUT2D eigenvalue weighted by Crippen LogP contribution is -2.56. The number of hydrogen-bond acceptors (Lipinski definition) is 4. The molecule has 0 aromatic rings. The summed E-state index contributed by atoms with van der Waals surface area (Å²) >= 11 is 0. The van der Waals surface area contributed by atoms with Crippen molar-refractivity contribution in [3.05, 3.63) is 0 Å². The third-order valence-electron chi connectivity index (χ3n) is 2.67. The number of nitrogens with zero attached hydrogens (tertiary/aromatic N) is 1. The molecule has 0 aromatic carbocycles. The number of ether oxygens (including phenoxy) is 1. The third-order valence-corrected chi connectivity index (χ3v) is 2.67. The van der Waals surface area contributed by atoms with E-state index in [1.54, 1.807) is 13.8 Å². The number of carbonyl (C=O) groups excluding carboxylic acids is 2. The number of rotatable bonds is 7. The van der Waals surface area contributed by atoms with Crippen LogP contribution in [0.4, 0.5) is 4.79 Å². The fraction of sp³-hybridized carbons (Fsp3) is 0.750. The maximum atomic E-state index is 11.9. The van der Waals surface area contributed by atoms with Crippen LogP contribution in [0.15, 0.2) is 0 Å². The molecule has 0 fully saturated rings. The van der Waals surface area contributed by atoms with Gasteiger partial charge in [-0.15, -0.1) is 0 Å². The molecule has 7 heteroatoms. The van der Waals surface area contributed by atoms with Gasteiger partial charge in [-0.05, 0) is 27.7 Å². The van der Waals surface area contributed by atoms with Gasteiger partial charge in [0, 0.05) is 13.1 Å². The SMILES string of the molecule is CCOC(=O)CCNC(=O)N(CC)C(C)(C)C(=O)O. The molecule has 0 aliphatic rings. The van der Waals surface area contributed by atoms with Gasteiger partial charge in [-0.3, -0.25) is 4.79 Å². The number of carboxylic acids is 1.